The maximum Gasteiger partial charge on any atom is 0.226 e. The highest BCUT2D eigenvalue weighted by Crippen LogP contribution is 2.45. The Labute approximate surface area is 124 Å². The third kappa shape index (κ3) is 1.66. The van der Waals surface area contributed by atoms with Crippen molar-refractivity contribution < 1.29 is 9.53 Å². The Balaban J connectivity index is 1.60. The summed E-state index contributed by atoms with van der Waals surface area (Å²) in [6.07, 6.45) is 1.51. The SMILES string of the molecule is Cc1nc(CN2CC[C@@]34OCCN3C(=O)C[C@@H]24)n(C)c1C. The predicted molar refractivity (Wildman–Crippen MR) is 76.5 cm³/mol. The van der Waals surface area contributed by atoms with Crippen molar-refractivity contribution in [3.05, 3.63) is 17.2 Å². The molecule has 1 amide bonds. The molecule has 4 heterocycles. The van der Waals surface area contributed by atoms with Crippen LogP contribution in [-0.4, -0.2) is 56.7 Å². The Bertz CT molecular complexity index is 611. The van der Waals surface area contributed by atoms with Crippen LogP contribution in [0.5, 0.6) is 0 Å². The molecule has 1 spiro atoms. The highest BCUT2D eigenvalue weighted by atomic mass is 16.5. The van der Waals surface area contributed by atoms with Gasteiger partial charge in [0.05, 0.1) is 24.9 Å². The molecule has 0 N–H and O–H groups in total. The van der Waals surface area contributed by atoms with Crippen LogP contribution in [0.2, 0.25) is 0 Å². The number of carbonyl (C=O) groups is 1. The summed E-state index contributed by atoms with van der Waals surface area (Å²) in [5.74, 6) is 1.32. The number of amides is 1. The molecule has 0 radical (unpaired) electrons. The number of imidazole rings is 1. The van der Waals surface area contributed by atoms with E-state index in [1.54, 1.807) is 0 Å². The Morgan fingerprint density at radius 3 is 2.90 bits per heavy atom. The average molecular weight is 290 g/mol. The molecule has 0 saturated carbocycles. The van der Waals surface area contributed by atoms with E-state index in [-0.39, 0.29) is 17.7 Å². The fourth-order valence-electron chi connectivity index (χ4n) is 4.17. The average Bonchev–Trinajstić information content (AvgIpc) is 3.14. The summed E-state index contributed by atoms with van der Waals surface area (Å²) in [5.41, 5.74) is 1.95. The van der Waals surface area contributed by atoms with Crippen molar-refractivity contribution in [2.75, 3.05) is 19.7 Å². The summed E-state index contributed by atoms with van der Waals surface area (Å²) < 4.78 is 8.18. The molecule has 0 bridgehead atoms. The first-order valence-corrected chi connectivity index (χ1v) is 7.70. The maximum atomic E-state index is 12.2. The Morgan fingerprint density at radius 2 is 2.19 bits per heavy atom. The third-order valence-electron chi connectivity index (χ3n) is 5.57. The molecular formula is C15H22N4O2. The molecule has 4 rings (SSSR count). The lowest BCUT2D eigenvalue weighted by Crippen LogP contribution is -2.47. The van der Waals surface area contributed by atoms with Crippen molar-refractivity contribution in [3.8, 4) is 0 Å². The normalized spacial score (nSPS) is 32.0. The molecule has 6 heteroatoms. The lowest BCUT2D eigenvalue weighted by molar-refractivity contribution is -0.136. The van der Waals surface area contributed by atoms with Crippen LogP contribution in [0.3, 0.4) is 0 Å². The van der Waals surface area contributed by atoms with Crippen LogP contribution in [0.25, 0.3) is 0 Å². The minimum Gasteiger partial charge on any atom is -0.352 e. The van der Waals surface area contributed by atoms with Gasteiger partial charge in [0, 0.05) is 38.7 Å². The van der Waals surface area contributed by atoms with Crippen molar-refractivity contribution in [1.82, 2.24) is 19.4 Å². The second-order valence-corrected chi connectivity index (χ2v) is 6.44. The van der Waals surface area contributed by atoms with E-state index in [0.29, 0.717) is 13.0 Å². The van der Waals surface area contributed by atoms with Crippen molar-refractivity contribution >= 4 is 5.91 Å². The Hall–Kier alpha value is -1.40. The third-order valence-corrected chi connectivity index (χ3v) is 5.57. The van der Waals surface area contributed by atoms with Crippen LogP contribution in [-0.2, 0) is 23.1 Å². The molecule has 2 atom stereocenters. The van der Waals surface area contributed by atoms with Crippen molar-refractivity contribution in [3.63, 3.8) is 0 Å². The van der Waals surface area contributed by atoms with Crippen molar-refractivity contribution in [2.24, 2.45) is 7.05 Å². The molecular weight excluding hydrogens is 268 g/mol. The van der Waals surface area contributed by atoms with E-state index < -0.39 is 0 Å². The minimum atomic E-state index is -0.341. The van der Waals surface area contributed by atoms with Crippen LogP contribution in [0, 0.1) is 13.8 Å². The fraction of sp³-hybridized carbons (Fsp3) is 0.733. The molecule has 0 aromatic carbocycles. The zero-order valence-electron chi connectivity index (χ0n) is 12.9. The molecule has 0 aliphatic carbocycles. The van der Waals surface area contributed by atoms with Gasteiger partial charge in [0.1, 0.15) is 5.82 Å². The highest BCUT2D eigenvalue weighted by molar-refractivity contribution is 5.81. The summed E-state index contributed by atoms with van der Waals surface area (Å²) in [7, 11) is 2.06. The van der Waals surface area contributed by atoms with Gasteiger partial charge in [-0.1, -0.05) is 0 Å². The highest BCUT2D eigenvalue weighted by Gasteiger charge is 2.61. The maximum absolute atomic E-state index is 12.2. The zero-order valence-corrected chi connectivity index (χ0v) is 12.9. The molecule has 3 aliphatic heterocycles. The molecule has 0 unspecified atom stereocenters. The fourth-order valence-corrected chi connectivity index (χ4v) is 4.17. The van der Waals surface area contributed by atoms with E-state index >= 15 is 0 Å². The summed E-state index contributed by atoms with van der Waals surface area (Å²) in [6.45, 7) is 7.34. The molecule has 1 aromatic heterocycles. The van der Waals surface area contributed by atoms with Crippen LogP contribution < -0.4 is 0 Å². The van der Waals surface area contributed by atoms with E-state index in [2.05, 4.69) is 28.4 Å². The van der Waals surface area contributed by atoms with Crippen molar-refractivity contribution in [2.45, 2.75) is 45.0 Å². The number of aromatic nitrogens is 2. The molecule has 6 nitrogen and oxygen atoms in total. The zero-order chi connectivity index (χ0) is 14.8. The van der Waals surface area contributed by atoms with Gasteiger partial charge in [-0.05, 0) is 13.8 Å². The standard InChI is InChI=1S/C15H22N4O2/c1-10-11(2)17(3)13(16-10)9-18-5-4-15-12(18)8-14(20)19(15)6-7-21-15/h12H,4-9H2,1-3H3/t12-,15+/m1/s1. The summed E-state index contributed by atoms with van der Waals surface area (Å²) >= 11 is 0. The number of ether oxygens (including phenoxy) is 1. The van der Waals surface area contributed by atoms with Gasteiger partial charge in [0.2, 0.25) is 5.91 Å². The molecule has 3 saturated heterocycles. The van der Waals surface area contributed by atoms with Gasteiger partial charge in [-0.25, -0.2) is 4.98 Å². The first-order chi connectivity index (χ1) is 10.0. The lowest BCUT2D eigenvalue weighted by Gasteiger charge is -2.31. The largest absolute Gasteiger partial charge is 0.352 e. The van der Waals surface area contributed by atoms with E-state index in [4.69, 9.17) is 4.74 Å². The van der Waals surface area contributed by atoms with Crippen LogP contribution in [0.1, 0.15) is 30.1 Å². The topological polar surface area (TPSA) is 50.6 Å². The van der Waals surface area contributed by atoms with Gasteiger partial charge in [-0.15, -0.1) is 0 Å². The Kier molecular flexibility index (Phi) is 2.72. The Morgan fingerprint density at radius 1 is 1.38 bits per heavy atom. The van der Waals surface area contributed by atoms with Gasteiger partial charge < -0.3 is 14.2 Å². The second kappa shape index (κ2) is 4.30. The first kappa shape index (κ1) is 13.3. The minimum absolute atomic E-state index is 0.185. The summed E-state index contributed by atoms with van der Waals surface area (Å²) in [6, 6.07) is 0.185. The number of hydrogen-bond donors (Lipinski definition) is 0. The quantitative estimate of drug-likeness (QED) is 0.799. The summed E-state index contributed by atoms with van der Waals surface area (Å²) in [4.78, 5) is 21.2. The van der Waals surface area contributed by atoms with Crippen LogP contribution >= 0.6 is 0 Å². The molecule has 114 valence electrons. The van der Waals surface area contributed by atoms with Crippen molar-refractivity contribution in [1.29, 1.82) is 0 Å². The molecule has 21 heavy (non-hydrogen) atoms. The lowest BCUT2D eigenvalue weighted by atomic mass is 10.1. The number of aryl methyl sites for hydroxylation is 1. The number of carbonyl (C=O) groups excluding carboxylic acids is 1. The smallest absolute Gasteiger partial charge is 0.226 e. The van der Waals surface area contributed by atoms with Gasteiger partial charge in [0.25, 0.3) is 0 Å². The summed E-state index contributed by atoms with van der Waals surface area (Å²) in [5, 5.41) is 0. The van der Waals surface area contributed by atoms with Gasteiger partial charge >= 0.3 is 0 Å². The first-order valence-electron chi connectivity index (χ1n) is 7.70. The van der Waals surface area contributed by atoms with E-state index in [0.717, 1.165) is 37.6 Å². The number of nitrogens with zero attached hydrogens (tertiary/aromatic N) is 4. The van der Waals surface area contributed by atoms with Crippen LogP contribution in [0.15, 0.2) is 0 Å². The molecule has 3 aliphatic rings. The predicted octanol–water partition coefficient (Wildman–Crippen LogP) is 0.570. The van der Waals surface area contributed by atoms with Gasteiger partial charge in [-0.2, -0.15) is 0 Å². The number of rotatable bonds is 2. The number of hydrogen-bond acceptors (Lipinski definition) is 4. The molecule has 1 aromatic rings. The van der Waals surface area contributed by atoms with E-state index in [9.17, 15) is 4.79 Å². The van der Waals surface area contributed by atoms with Crippen LogP contribution in [0.4, 0.5) is 0 Å². The van der Waals surface area contributed by atoms with Gasteiger partial charge in [0.15, 0.2) is 5.72 Å². The number of likely N-dealkylation sites (tertiary alicyclic amines) is 1. The monoisotopic (exact) mass is 290 g/mol. The van der Waals surface area contributed by atoms with Gasteiger partial charge in [-0.3, -0.25) is 9.69 Å². The van der Waals surface area contributed by atoms with E-state index in [1.807, 2.05) is 11.8 Å². The second-order valence-electron chi connectivity index (χ2n) is 6.44. The van der Waals surface area contributed by atoms with E-state index in [1.165, 1.54) is 5.69 Å². The molecule has 3 fully saturated rings.